The third-order valence-electron chi connectivity index (χ3n) is 3.29. The first kappa shape index (κ1) is 17.2. The van der Waals surface area contributed by atoms with Crippen molar-refractivity contribution in [1.82, 2.24) is 0 Å². The van der Waals surface area contributed by atoms with E-state index in [4.69, 9.17) is 0 Å². The van der Waals surface area contributed by atoms with Gasteiger partial charge in [0.25, 0.3) is 0 Å². The van der Waals surface area contributed by atoms with Gasteiger partial charge >= 0.3 is 5.97 Å². The highest BCUT2D eigenvalue weighted by molar-refractivity contribution is 7.12. The van der Waals surface area contributed by atoms with Crippen molar-refractivity contribution in [1.29, 1.82) is 5.26 Å². The number of carbonyl (C=O) groups excluding carboxylic acids is 2. The van der Waals surface area contributed by atoms with Gasteiger partial charge in [0.15, 0.2) is 0 Å². The number of nitrogens with zero attached hydrogens (tertiary/aromatic N) is 1. The van der Waals surface area contributed by atoms with E-state index in [1.54, 1.807) is 11.4 Å². The molecule has 0 radical (unpaired) electrons. The minimum atomic E-state index is -1.04. The van der Waals surface area contributed by atoms with Crippen LogP contribution in [0.25, 0.3) is 0 Å². The molecule has 1 N–H and O–H groups in total. The molecular weight excluding hydrogens is 288 g/mol. The molecule has 0 aliphatic heterocycles. The van der Waals surface area contributed by atoms with Crippen molar-refractivity contribution in [2.45, 2.75) is 39.5 Å². The van der Waals surface area contributed by atoms with Gasteiger partial charge < -0.3 is 10.1 Å². The molecule has 0 atom stereocenters. The molecule has 0 fully saturated rings. The van der Waals surface area contributed by atoms with Crippen LogP contribution in [-0.2, 0) is 9.53 Å². The average molecular weight is 308 g/mol. The fourth-order valence-electron chi connectivity index (χ4n) is 2.27. The molecule has 0 saturated carbocycles. The standard InChI is InChI=1S/C15H20N2O3S/c1-4-7-15(10-16,8-5-2)14(19)17-11-6-9-21-12(11)13(18)20-3/h6,9H,4-5,7-8H2,1-3H3,(H,17,19). The fraction of sp³-hybridized carbons (Fsp3) is 0.533. The summed E-state index contributed by atoms with van der Waals surface area (Å²) in [6, 6.07) is 3.82. The monoisotopic (exact) mass is 308 g/mol. The Balaban J connectivity index is 3.00. The maximum absolute atomic E-state index is 12.5. The first-order valence-electron chi connectivity index (χ1n) is 6.93. The number of nitriles is 1. The van der Waals surface area contributed by atoms with Crippen molar-refractivity contribution in [2.24, 2.45) is 5.41 Å². The second-order valence-corrected chi connectivity index (χ2v) is 5.72. The van der Waals surface area contributed by atoms with E-state index in [2.05, 4.69) is 16.1 Å². The molecule has 6 heteroatoms. The highest BCUT2D eigenvalue weighted by Gasteiger charge is 2.37. The second-order valence-electron chi connectivity index (χ2n) is 4.80. The maximum atomic E-state index is 12.5. The molecular formula is C15H20N2O3S. The van der Waals surface area contributed by atoms with Crippen LogP contribution in [0.2, 0.25) is 0 Å². The minimum absolute atomic E-state index is 0.339. The van der Waals surface area contributed by atoms with Gasteiger partial charge in [0, 0.05) is 0 Å². The number of hydrogen-bond acceptors (Lipinski definition) is 5. The van der Waals surface area contributed by atoms with Crippen molar-refractivity contribution in [3.63, 3.8) is 0 Å². The number of hydrogen-bond donors (Lipinski definition) is 1. The lowest BCUT2D eigenvalue weighted by Crippen LogP contribution is -2.35. The summed E-state index contributed by atoms with van der Waals surface area (Å²) in [6.45, 7) is 3.89. The van der Waals surface area contributed by atoms with E-state index in [1.165, 1.54) is 18.4 Å². The summed E-state index contributed by atoms with van der Waals surface area (Å²) in [5.41, 5.74) is -0.637. The van der Waals surface area contributed by atoms with Crippen LogP contribution >= 0.6 is 11.3 Å². The second kappa shape index (κ2) is 7.79. The number of nitrogens with one attached hydrogen (secondary N) is 1. The summed E-state index contributed by atoms with van der Waals surface area (Å²) in [4.78, 5) is 24.5. The number of methoxy groups -OCH3 is 1. The summed E-state index contributed by atoms with van der Waals surface area (Å²) in [6.07, 6.45) is 2.49. The lowest BCUT2D eigenvalue weighted by molar-refractivity contribution is -0.123. The van der Waals surface area contributed by atoms with Crippen LogP contribution in [-0.4, -0.2) is 19.0 Å². The Hall–Kier alpha value is -1.87. The highest BCUT2D eigenvalue weighted by Crippen LogP contribution is 2.32. The lowest BCUT2D eigenvalue weighted by atomic mass is 9.79. The van der Waals surface area contributed by atoms with Crippen molar-refractivity contribution < 1.29 is 14.3 Å². The van der Waals surface area contributed by atoms with Gasteiger partial charge in [0.05, 0.1) is 18.9 Å². The summed E-state index contributed by atoms with van der Waals surface area (Å²) < 4.78 is 4.68. The van der Waals surface area contributed by atoms with E-state index in [9.17, 15) is 14.9 Å². The minimum Gasteiger partial charge on any atom is -0.465 e. The molecule has 1 heterocycles. The van der Waals surface area contributed by atoms with Crippen LogP contribution in [0.1, 0.15) is 49.2 Å². The molecule has 0 spiro atoms. The zero-order chi connectivity index (χ0) is 15.9. The van der Waals surface area contributed by atoms with E-state index in [0.29, 0.717) is 23.4 Å². The predicted molar refractivity (Wildman–Crippen MR) is 82.2 cm³/mol. The van der Waals surface area contributed by atoms with Crippen LogP contribution in [0.4, 0.5) is 5.69 Å². The topological polar surface area (TPSA) is 79.2 Å². The van der Waals surface area contributed by atoms with Crippen LogP contribution in [0.3, 0.4) is 0 Å². The Labute approximate surface area is 128 Å². The summed E-state index contributed by atoms with van der Waals surface area (Å²) in [5.74, 6) is -0.842. The molecule has 0 unspecified atom stereocenters. The predicted octanol–water partition coefficient (Wildman–Crippen LogP) is 3.58. The summed E-state index contributed by atoms with van der Waals surface area (Å²) in [5, 5.41) is 13.9. The van der Waals surface area contributed by atoms with Crippen LogP contribution in [0.15, 0.2) is 11.4 Å². The largest absolute Gasteiger partial charge is 0.465 e. The highest BCUT2D eigenvalue weighted by atomic mass is 32.1. The van der Waals surface area contributed by atoms with Crippen molar-refractivity contribution >= 4 is 28.9 Å². The van der Waals surface area contributed by atoms with E-state index in [1.807, 2.05) is 13.8 Å². The molecule has 0 aliphatic rings. The quantitative estimate of drug-likeness (QED) is 0.781. The summed E-state index contributed by atoms with van der Waals surface area (Å²) >= 11 is 1.20. The summed E-state index contributed by atoms with van der Waals surface area (Å²) in [7, 11) is 1.29. The van der Waals surface area contributed by atoms with Crippen molar-refractivity contribution in [2.75, 3.05) is 12.4 Å². The Morgan fingerprint density at radius 1 is 1.38 bits per heavy atom. The molecule has 114 valence electrons. The number of esters is 1. The number of thiophene rings is 1. The van der Waals surface area contributed by atoms with Gasteiger partial charge in [-0.05, 0) is 24.3 Å². The molecule has 0 aliphatic carbocycles. The Morgan fingerprint density at radius 2 is 2.00 bits per heavy atom. The van der Waals surface area contributed by atoms with Gasteiger partial charge in [0.2, 0.25) is 5.91 Å². The van der Waals surface area contributed by atoms with Crippen LogP contribution in [0, 0.1) is 16.7 Å². The molecule has 0 bridgehead atoms. The smallest absolute Gasteiger partial charge is 0.350 e. The fourth-order valence-corrected chi connectivity index (χ4v) is 3.03. The molecule has 0 saturated heterocycles. The SMILES string of the molecule is CCCC(C#N)(CCC)C(=O)Nc1ccsc1C(=O)OC. The molecule has 1 aromatic rings. The molecule has 1 rings (SSSR count). The van der Waals surface area contributed by atoms with Gasteiger partial charge in [-0.25, -0.2) is 4.79 Å². The van der Waals surface area contributed by atoms with Gasteiger partial charge in [0.1, 0.15) is 10.3 Å². The van der Waals surface area contributed by atoms with Crippen molar-refractivity contribution in [3.8, 4) is 6.07 Å². The zero-order valence-corrected chi connectivity index (χ0v) is 13.4. The number of carbonyl (C=O) groups is 2. The third kappa shape index (κ3) is 3.82. The number of ether oxygens (including phenoxy) is 1. The Kier molecular flexibility index (Phi) is 6.38. The van der Waals surface area contributed by atoms with Crippen molar-refractivity contribution in [3.05, 3.63) is 16.3 Å². The number of amides is 1. The third-order valence-corrected chi connectivity index (χ3v) is 4.18. The molecule has 5 nitrogen and oxygen atoms in total. The normalized spacial score (nSPS) is 10.8. The maximum Gasteiger partial charge on any atom is 0.350 e. The molecule has 21 heavy (non-hydrogen) atoms. The molecule has 1 amide bonds. The number of anilines is 1. The average Bonchev–Trinajstić information content (AvgIpc) is 2.94. The zero-order valence-electron chi connectivity index (χ0n) is 12.6. The van der Waals surface area contributed by atoms with Crippen LogP contribution < -0.4 is 5.32 Å². The first-order valence-corrected chi connectivity index (χ1v) is 7.81. The van der Waals surface area contributed by atoms with Crippen LogP contribution in [0.5, 0.6) is 0 Å². The lowest BCUT2D eigenvalue weighted by Gasteiger charge is -2.24. The van der Waals surface area contributed by atoms with Gasteiger partial charge in [-0.3, -0.25) is 4.79 Å². The van der Waals surface area contributed by atoms with E-state index >= 15 is 0 Å². The van der Waals surface area contributed by atoms with E-state index in [0.717, 1.165) is 12.8 Å². The van der Waals surface area contributed by atoms with Gasteiger partial charge in [-0.1, -0.05) is 26.7 Å². The Bertz CT molecular complexity index is 539. The van der Waals surface area contributed by atoms with E-state index < -0.39 is 11.4 Å². The Morgan fingerprint density at radius 3 is 2.48 bits per heavy atom. The van der Waals surface area contributed by atoms with Gasteiger partial charge in [-0.2, -0.15) is 5.26 Å². The van der Waals surface area contributed by atoms with Gasteiger partial charge in [-0.15, -0.1) is 11.3 Å². The molecule has 0 aromatic carbocycles. The molecule has 1 aromatic heterocycles. The van der Waals surface area contributed by atoms with E-state index in [-0.39, 0.29) is 5.91 Å². The first-order chi connectivity index (χ1) is 10.0. The number of rotatable bonds is 7.